The molecule has 0 saturated heterocycles. The van der Waals surface area contributed by atoms with Crippen LogP contribution in [0.25, 0.3) is 5.69 Å². The van der Waals surface area contributed by atoms with Crippen LogP contribution >= 0.6 is 0 Å². The van der Waals surface area contributed by atoms with Gasteiger partial charge in [0.1, 0.15) is 12.4 Å². The monoisotopic (exact) mass is 469 g/mol. The number of aromatic nitrogens is 2. The summed E-state index contributed by atoms with van der Waals surface area (Å²) in [4.78, 5) is 25.0. The average molecular weight is 470 g/mol. The Hall–Kier alpha value is -4.39. The molecule has 0 bridgehead atoms. The van der Waals surface area contributed by atoms with Crippen LogP contribution in [-0.4, -0.2) is 22.3 Å². The molecule has 1 N–H and O–H groups in total. The first-order chi connectivity index (χ1) is 17.0. The minimum Gasteiger partial charge on any atom is -0.494 e. The second kappa shape index (κ2) is 11.2. The third kappa shape index (κ3) is 6.35. The van der Waals surface area contributed by atoms with Gasteiger partial charge in [-0.25, -0.2) is 0 Å². The van der Waals surface area contributed by atoms with Gasteiger partial charge in [-0.1, -0.05) is 42.0 Å². The molecule has 0 spiro atoms. The summed E-state index contributed by atoms with van der Waals surface area (Å²) in [6.45, 7) is 5.31. The maximum atomic E-state index is 12.6. The molecular formula is C28H27N3O4. The smallest absolute Gasteiger partial charge is 0.271 e. The van der Waals surface area contributed by atoms with E-state index in [9.17, 15) is 9.59 Å². The number of hydrogen-bond acceptors (Lipinski definition) is 5. The van der Waals surface area contributed by atoms with Crippen molar-refractivity contribution >= 4 is 5.91 Å². The Morgan fingerprint density at radius 3 is 2.40 bits per heavy atom. The van der Waals surface area contributed by atoms with Gasteiger partial charge in [0.15, 0.2) is 0 Å². The van der Waals surface area contributed by atoms with Gasteiger partial charge in [-0.05, 0) is 61.4 Å². The lowest BCUT2D eigenvalue weighted by Gasteiger charge is -2.10. The van der Waals surface area contributed by atoms with Crippen molar-refractivity contribution in [2.45, 2.75) is 27.0 Å². The van der Waals surface area contributed by atoms with Crippen molar-refractivity contribution < 1.29 is 14.3 Å². The fraction of sp³-hybridized carbons (Fsp3) is 0.179. The quantitative estimate of drug-likeness (QED) is 0.392. The molecule has 0 saturated carbocycles. The molecule has 0 aliphatic heterocycles. The van der Waals surface area contributed by atoms with Crippen LogP contribution in [0.3, 0.4) is 0 Å². The maximum absolute atomic E-state index is 12.6. The Kier molecular flexibility index (Phi) is 7.57. The van der Waals surface area contributed by atoms with Gasteiger partial charge in [0.25, 0.3) is 11.5 Å². The van der Waals surface area contributed by atoms with Crippen LogP contribution in [-0.2, 0) is 13.2 Å². The largest absolute Gasteiger partial charge is 0.494 e. The number of nitrogens with one attached hydrogen (secondary N) is 1. The summed E-state index contributed by atoms with van der Waals surface area (Å²) in [7, 11) is 0. The summed E-state index contributed by atoms with van der Waals surface area (Å²) >= 11 is 0. The van der Waals surface area contributed by atoms with Crippen LogP contribution < -0.4 is 20.3 Å². The van der Waals surface area contributed by atoms with Gasteiger partial charge >= 0.3 is 0 Å². The zero-order chi connectivity index (χ0) is 24.6. The van der Waals surface area contributed by atoms with Crippen molar-refractivity contribution in [2.24, 2.45) is 0 Å². The second-order valence-electron chi connectivity index (χ2n) is 8.01. The lowest BCUT2D eigenvalue weighted by Crippen LogP contribution is -2.23. The van der Waals surface area contributed by atoms with E-state index in [-0.39, 0.29) is 11.5 Å². The maximum Gasteiger partial charge on any atom is 0.271 e. The van der Waals surface area contributed by atoms with Crippen LogP contribution in [0.15, 0.2) is 89.7 Å². The summed E-state index contributed by atoms with van der Waals surface area (Å²) in [6.07, 6.45) is 0. The number of nitrogens with zero attached hydrogens (tertiary/aromatic N) is 2. The molecule has 0 aliphatic carbocycles. The number of ether oxygens (including phenoxy) is 2. The average Bonchev–Trinajstić information content (AvgIpc) is 2.88. The van der Waals surface area contributed by atoms with E-state index < -0.39 is 0 Å². The third-order valence-electron chi connectivity index (χ3n) is 5.31. The molecule has 4 rings (SSSR count). The second-order valence-corrected chi connectivity index (χ2v) is 8.01. The molecule has 0 radical (unpaired) electrons. The van der Waals surface area contributed by atoms with Gasteiger partial charge in [0.05, 0.1) is 12.3 Å². The number of aryl methyl sites for hydroxylation is 1. The minimum absolute atomic E-state index is 0.207. The lowest BCUT2D eigenvalue weighted by atomic mass is 10.1. The van der Waals surface area contributed by atoms with E-state index in [0.29, 0.717) is 36.9 Å². The van der Waals surface area contributed by atoms with Crippen molar-refractivity contribution in [3.63, 3.8) is 0 Å². The van der Waals surface area contributed by atoms with E-state index in [1.165, 1.54) is 10.7 Å². The predicted molar refractivity (Wildman–Crippen MR) is 134 cm³/mol. The van der Waals surface area contributed by atoms with E-state index in [1.54, 1.807) is 30.3 Å². The molecule has 35 heavy (non-hydrogen) atoms. The molecule has 1 aromatic heterocycles. The molecule has 7 heteroatoms. The van der Waals surface area contributed by atoms with Gasteiger partial charge in [0.2, 0.25) is 5.88 Å². The molecule has 0 unspecified atom stereocenters. The van der Waals surface area contributed by atoms with Crippen LogP contribution in [0.4, 0.5) is 0 Å². The highest BCUT2D eigenvalue weighted by Gasteiger charge is 2.09. The molecule has 178 valence electrons. The van der Waals surface area contributed by atoms with Crippen molar-refractivity contribution in [2.75, 3.05) is 6.61 Å². The SMILES string of the molecule is CCOc1ccc(CNC(=O)c2ccc(-n3nc(OCc4cccc(C)c4)ccc3=O)cc2)cc1. The van der Waals surface area contributed by atoms with E-state index in [0.717, 1.165) is 22.4 Å². The Balaban J connectivity index is 1.39. The Morgan fingerprint density at radius 1 is 0.914 bits per heavy atom. The van der Waals surface area contributed by atoms with Crippen LogP contribution in [0.2, 0.25) is 0 Å². The van der Waals surface area contributed by atoms with Gasteiger partial charge in [-0.15, -0.1) is 5.10 Å². The molecule has 4 aromatic rings. The van der Waals surface area contributed by atoms with Crippen molar-refractivity contribution in [3.05, 3.63) is 118 Å². The van der Waals surface area contributed by atoms with Gasteiger partial charge in [-0.3, -0.25) is 9.59 Å². The predicted octanol–water partition coefficient (Wildman–Crippen LogP) is 4.45. The van der Waals surface area contributed by atoms with Crippen molar-refractivity contribution in [1.29, 1.82) is 0 Å². The lowest BCUT2D eigenvalue weighted by molar-refractivity contribution is 0.0951. The highest BCUT2D eigenvalue weighted by atomic mass is 16.5. The number of amides is 1. The van der Waals surface area contributed by atoms with E-state index in [2.05, 4.69) is 10.4 Å². The molecule has 3 aromatic carbocycles. The number of benzene rings is 3. The third-order valence-corrected chi connectivity index (χ3v) is 5.31. The number of hydrogen-bond donors (Lipinski definition) is 1. The van der Waals surface area contributed by atoms with Crippen LogP contribution in [0, 0.1) is 6.92 Å². The molecule has 0 aliphatic rings. The summed E-state index contributed by atoms with van der Waals surface area (Å²) in [6, 6.07) is 25.3. The summed E-state index contributed by atoms with van der Waals surface area (Å²) in [5.74, 6) is 0.927. The fourth-order valence-corrected chi connectivity index (χ4v) is 3.52. The standard InChI is InChI=1S/C28H27N3O4/c1-3-34-25-13-7-21(8-14-25)18-29-28(33)23-9-11-24(12-10-23)31-27(32)16-15-26(30-31)35-19-22-6-4-5-20(2)17-22/h4-17H,3,18-19H2,1-2H3,(H,29,33). The van der Waals surface area contributed by atoms with Crippen molar-refractivity contribution in [3.8, 4) is 17.3 Å². The molecule has 0 atom stereocenters. The van der Waals surface area contributed by atoms with Gasteiger partial charge < -0.3 is 14.8 Å². The Bertz CT molecular complexity index is 1350. The zero-order valence-corrected chi connectivity index (χ0v) is 19.7. The van der Waals surface area contributed by atoms with Gasteiger partial charge in [-0.2, -0.15) is 4.68 Å². The first-order valence-corrected chi connectivity index (χ1v) is 11.4. The highest BCUT2D eigenvalue weighted by molar-refractivity contribution is 5.94. The van der Waals surface area contributed by atoms with Crippen LogP contribution in [0.5, 0.6) is 11.6 Å². The molecular weight excluding hydrogens is 442 g/mol. The molecule has 1 heterocycles. The van der Waals surface area contributed by atoms with E-state index in [1.807, 2.05) is 62.4 Å². The Labute approximate surface area is 204 Å². The molecule has 7 nitrogen and oxygen atoms in total. The first kappa shape index (κ1) is 23.8. The fourth-order valence-electron chi connectivity index (χ4n) is 3.52. The molecule has 0 fully saturated rings. The summed E-state index contributed by atoms with van der Waals surface area (Å²) < 4.78 is 12.5. The van der Waals surface area contributed by atoms with Gasteiger partial charge in [0, 0.05) is 24.2 Å². The van der Waals surface area contributed by atoms with E-state index >= 15 is 0 Å². The van der Waals surface area contributed by atoms with Crippen LogP contribution in [0.1, 0.15) is 34.0 Å². The molecule has 1 amide bonds. The number of carbonyl (C=O) groups excluding carboxylic acids is 1. The topological polar surface area (TPSA) is 82.4 Å². The van der Waals surface area contributed by atoms with Crippen molar-refractivity contribution in [1.82, 2.24) is 15.1 Å². The zero-order valence-electron chi connectivity index (χ0n) is 19.7. The summed E-state index contributed by atoms with van der Waals surface area (Å²) in [5, 5.41) is 7.22. The Morgan fingerprint density at radius 2 is 1.69 bits per heavy atom. The van der Waals surface area contributed by atoms with E-state index in [4.69, 9.17) is 9.47 Å². The minimum atomic E-state index is -0.291. The number of rotatable bonds is 9. The highest BCUT2D eigenvalue weighted by Crippen LogP contribution is 2.14. The summed E-state index contributed by atoms with van der Waals surface area (Å²) in [5.41, 5.74) is 3.87. The normalized spacial score (nSPS) is 10.6. The first-order valence-electron chi connectivity index (χ1n) is 11.4. The number of carbonyl (C=O) groups is 1.